The van der Waals surface area contributed by atoms with Gasteiger partial charge in [-0.2, -0.15) is 0 Å². The van der Waals surface area contributed by atoms with E-state index in [-0.39, 0.29) is 5.91 Å². The van der Waals surface area contributed by atoms with E-state index in [2.05, 4.69) is 11.5 Å². The molecule has 1 aromatic rings. The predicted molar refractivity (Wildman–Crippen MR) is 94.1 cm³/mol. The Morgan fingerprint density at radius 2 is 2.09 bits per heavy atom. The summed E-state index contributed by atoms with van der Waals surface area (Å²) in [4.78, 5) is 16.5. The second kappa shape index (κ2) is 8.94. The van der Waals surface area contributed by atoms with Crippen molar-refractivity contribution < 1.29 is 9.53 Å². The van der Waals surface area contributed by atoms with E-state index in [0.29, 0.717) is 18.1 Å². The number of ether oxygens (including phenoxy) is 1. The fourth-order valence-corrected chi connectivity index (χ4v) is 2.93. The van der Waals surface area contributed by atoms with Crippen molar-refractivity contribution in [3.63, 3.8) is 0 Å². The number of hydrogen-bond acceptors (Lipinski definition) is 3. The van der Waals surface area contributed by atoms with Crippen molar-refractivity contribution in [2.75, 3.05) is 39.3 Å². The van der Waals surface area contributed by atoms with E-state index in [4.69, 9.17) is 16.3 Å². The van der Waals surface area contributed by atoms with Crippen molar-refractivity contribution in [2.24, 2.45) is 0 Å². The Morgan fingerprint density at radius 3 is 2.74 bits per heavy atom. The van der Waals surface area contributed by atoms with Gasteiger partial charge in [-0.3, -0.25) is 9.69 Å². The van der Waals surface area contributed by atoms with E-state index >= 15 is 0 Å². The van der Waals surface area contributed by atoms with Crippen LogP contribution < -0.4 is 4.74 Å². The van der Waals surface area contributed by atoms with E-state index in [1.807, 2.05) is 36.1 Å². The molecule has 1 fully saturated rings. The summed E-state index contributed by atoms with van der Waals surface area (Å²) in [5, 5.41) is 0.709. The standard InChI is InChI=1S/C18H25ClN2O2/c1-3-8-20-9-11-21(12-10-20)18(22)5-4-13-23-17-7-6-16(19)14-15(17)2/h3,6-7,14H,1,4-5,8-13H2,2H3. The Hall–Kier alpha value is -1.52. The SMILES string of the molecule is C=CCN1CCN(C(=O)CCCOc2ccc(Cl)cc2C)CC1. The van der Waals surface area contributed by atoms with Gasteiger partial charge in [0.2, 0.25) is 5.91 Å². The molecule has 1 heterocycles. The van der Waals surface area contributed by atoms with Crippen molar-refractivity contribution in [1.29, 1.82) is 0 Å². The number of aryl methyl sites for hydroxylation is 1. The number of rotatable bonds is 7. The third-order valence-corrected chi connectivity index (χ3v) is 4.28. The quantitative estimate of drug-likeness (QED) is 0.566. The lowest BCUT2D eigenvalue weighted by molar-refractivity contribution is -0.133. The number of nitrogens with zero attached hydrogens (tertiary/aromatic N) is 2. The number of piperazine rings is 1. The van der Waals surface area contributed by atoms with E-state index in [9.17, 15) is 4.79 Å². The molecule has 1 aliphatic rings. The lowest BCUT2D eigenvalue weighted by Crippen LogP contribution is -2.48. The molecule has 23 heavy (non-hydrogen) atoms. The molecule has 1 saturated heterocycles. The average molecular weight is 337 g/mol. The summed E-state index contributed by atoms with van der Waals surface area (Å²) in [6.45, 7) is 10.6. The van der Waals surface area contributed by atoms with Crippen molar-refractivity contribution in [3.05, 3.63) is 41.4 Å². The van der Waals surface area contributed by atoms with Crippen LogP contribution in [0.5, 0.6) is 5.75 Å². The molecular weight excluding hydrogens is 312 g/mol. The summed E-state index contributed by atoms with van der Waals surface area (Å²) in [6, 6.07) is 5.57. The third kappa shape index (κ3) is 5.56. The van der Waals surface area contributed by atoms with Gasteiger partial charge in [-0.1, -0.05) is 17.7 Å². The summed E-state index contributed by atoms with van der Waals surface area (Å²) in [6.07, 6.45) is 3.18. The molecule has 126 valence electrons. The molecular formula is C18H25ClN2O2. The zero-order chi connectivity index (χ0) is 16.7. The largest absolute Gasteiger partial charge is 0.493 e. The molecule has 0 bridgehead atoms. The number of amides is 1. The Labute approximate surface area is 143 Å². The van der Waals surface area contributed by atoms with Crippen LogP contribution in [0.25, 0.3) is 0 Å². The molecule has 5 heteroatoms. The average Bonchev–Trinajstić information content (AvgIpc) is 2.54. The highest BCUT2D eigenvalue weighted by Crippen LogP contribution is 2.22. The van der Waals surface area contributed by atoms with Crippen molar-refractivity contribution in [2.45, 2.75) is 19.8 Å². The molecule has 0 aromatic heterocycles. The Balaban J connectivity index is 1.66. The summed E-state index contributed by atoms with van der Waals surface area (Å²) in [7, 11) is 0. The van der Waals surface area contributed by atoms with Crippen LogP contribution in [0.4, 0.5) is 0 Å². The Kier molecular flexibility index (Phi) is 6.93. The van der Waals surface area contributed by atoms with Gasteiger partial charge in [-0.25, -0.2) is 0 Å². The van der Waals surface area contributed by atoms with Crippen molar-refractivity contribution in [1.82, 2.24) is 9.80 Å². The highest BCUT2D eigenvalue weighted by molar-refractivity contribution is 6.30. The second-order valence-electron chi connectivity index (χ2n) is 5.83. The molecule has 1 amide bonds. The summed E-state index contributed by atoms with van der Waals surface area (Å²) >= 11 is 5.92. The maximum Gasteiger partial charge on any atom is 0.222 e. The van der Waals surface area contributed by atoms with Gasteiger partial charge in [0.1, 0.15) is 5.75 Å². The topological polar surface area (TPSA) is 32.8 Å². The van der Waals surface area contributed by atoms with Gasteiger partial charge in [0, 0.05) is 44.2 Å². The van der Waals surface area contributed by atoms with Crippen LogP contribution in [0.15, 0.2) is 30.9 Å². The highest BCUT2D eigenvalue weighted by atomic mass is 35.5. The lowest BCUT2D eigenvalue weighted by Gasteiger charge is -2.34. The molecule has 0 saturated carbocycles. The van der Waals surface area contributed by atoms with Crippen molar-refractivity contribution >= 4 is 17.5 Å². The Bertz CT molecular complexity index is 540. The maximum atomic E-state index is 12.2. The molecule has 1 aromatic carbocycles. The van der Waals surface area contributed by atoms with Gasteiger partial charge in [-0.15, -0.1) is 6.58 Å². The molecule has 0 radical (unpaired) electrons. The fourth-order valence-electron chi connectivity index (χ4n) is 2.70. The number of benzene rings is 1. The van der Waals surface area contributed by atoms with Crippen LogP contribution in [0, 0.1) is 6.92 Å². The predicted octanol–water partition coefficient (Wildman–Crippen LogP) is 3.14. The summed E-state index contributed by atoms with van der Waals surface area (Å²) in [5.74, 6) is 1.06. The minimum atomic E-state index is 0.222. The monoisotopic (exact) mass is 336 g/mol. The van der Waals surface area contributed by atoms with Gasteiger partial charge in [-0.05, 0) is 37.1 Å². The van der Waals surface area contributed by atoms with Gasteiger partial charge < -0.3 is 9.64 Å². The molecule has 1 aliphatic heterocycles. The van der Waals surface area contributed by atoms with E-state index < -0.39 is 0 Å². The number of halogens is 1. The van der Waals surface area contributed by atoms with Crippen LogP contribution in [-0.2, 0) is 4.79 Å². The zero-order valence-corrected chi connectivity index (χ0v) is 14.5. The first-order valence-electron chi connectivity index (χ1n) is 8.10. The van der Waals surface area contributed by atoms with Crippen LogP contribution in [-0.4, -0.2) is 55.0 Å². The van der Waals surface area contributed by atoms with Gasteiger partial charge in [0.25, 0.3) is 0 Å². The van der Waals surface area contributed by atoms with Gasteiger partial charge in [0.05, 0.1) is 6.61 Å². The normalized spacial score (nSPS) is 15.5. The van der Waals surface area contributed by atoms with Crippen molar-refractivity contribution in [3.8, 4) is 5.75 Å². The molecule has 0 atom stereocenters. The minimum absolute atomic E-state index is 0.222. The second-order valence-corrected chi connectivity index (χ2v) is 6.27. The van der Waals surface area contributed by atoms with E-state index in [0.717, 1.165) is 50.5 Å². The molecule has 0 unspecified atom stereocenters. The first kappa shape index (κ1) is 17.8. The lowest BCUT2D eigenvalue weighted by atomic mass is 10.2. The molecule has 0 N–H and O–H groups in total. The first-order valence-corrected chi connectivity index (χ1v) is 8.48. The number of carbonyl (C=O) groups is 1. The van der Waals surface area contributed by atoms with Gasteiger partial charge >= 0.3 is 0 Å². The summed E-state index contributed by atoms with van der Waals surface area (Å²) in [5.41, 5.74) is 1.02. The van der Waals surface area contributed by atoms with Crippen LogP contribution >= 0.6 is 11.6 Å². The minimum Gasteiger partial charge on any atom is -0.493 e. The number of hydrogen-bond donors (Lipinski definition) is 0. The molecule has 0 spiro atoms. The third-order valence-electron chi connectivity index (χ3n) is 4.04. The zero-order valence-electron chi connectivity index (χ0n) is 13.8. The highest BCUT2D eigenvalue weighted by Gasteiger charge is 2.19. The van der Waals surface area contributed by atoms with Crippen LogP contribution in [0.2, 0.25) is 5.02 Å². The summed E-state index contributed by atoms with van der Waals surface area (Å²) < 4.78 is 5.73. The van der Waals surface area contributed by atoms with E-state index in [1.54, 1.807) is 0 Å². The van der Waals surface area contributed by atoms with Crippen LogP contribution in [0.1, 0.15) is 18.4 Å². The maximum absolute atomic E-state index is 12.2. The number of carbonyl (C=O) groups excluding carboxylic acids is 1. The molecule has 0 aliphatic carbocycles. The van der Waals surface area contributed by atoms with Crippen LogP contribution in [0.3, 0.4) is 0 Å². The molecule has 2 rings (SSSR count). The van der Waals surface area contributed by atoms with Gasteiger partial charge in [0.15, 0.2) is 0 Å². The molecule has 4 nitrogen and oxygen atoms in total. The van der Waals surface area contributed by atoms with E-state index in [1.165, 1.54) is 0 Å². The fraction of sp³-hybridized carbons (Fsp3) is 0.500. The smallest absolute Gasteiger partial charge is 0.222 e. The first-order chi connectivity index (χ1) is 11.1. The Morgan fingerprint density at radius 1 is 1.35 bits per heavy atom.